The zero-order chi connectivity index (χ0) is 14.5. The summed E-state index contributed by atoms with van der Waals surface area (Å²) in [6.45, 7) is 0. The largest absolute Gasteiger partial charge is 0.481 e. The van der Waals surface area contributed by atoms with Crippen molar-refractivity contribution in [1.82, 2.24) is 0 Å². The van der Waals surface area contributed by atoms with E-state index in [0.29, 0.717) is 12.3 Å². The quantitative estimate of drug-likeness (QED) is 0.775. The van der Waals surface area contributed by atoms with Crippen molar-refractivity contribution in [3.05, 3.63) is 34.3 Å². The summed E-state index contributed by atoms with van der Waals surface area (Å²) in [6, 6.07) is 6.08. The first kappa shape index (κ1) is 15.7. The van der Waals surface area contributed by atoms with Gasteiger partial charge in [0.05, 0.1) is 6.42 Å². The number of halogens is 2. The van der Waals surface area contributed by atoms with Crippen molar-refractivity contribution < 1.29 is 9.90 Å². The van der Waals surface area contributed by atoms with E-state index in [1.54, 1.807) is 0 Å². The molecule has 110 valence electrons. The Balaban J connectivity index is 2.03. The normalized spacial score (nSPS) is 17.9. The highest BCUT2D eigenvalue weighted by Gasteiger charge is 2.18. The summed E-state index contributed by atoms with van der Waals surface area (Å²) in [4.78, 5) is 10.6. The van der Waals surface area contributed by atoms with Gasteiger partial charge in [-0.2, -0.15) is 0 Å². The molecule has 0 saturated heterocycles. The van der Waals surface area contributed by atoms with Gasteiger partial charge < -0.3 is 5.11 Å². The van der Waals surface area contributed by atoms with Gasteiger partial charge in [-0.15, -0.1) is 11.6 Å². The van der Waals surface area contributed by atoms with Crippen LogP contribution in [-0.4, -0.2) is 16.5 Å². The fraction of sp³-hybridized carbons (Fsp3) is 0.562. The van der Waals surface area contributed by atoms with E-state index in [4.69, 9.17) is 28.3 Å². The number of carboxylic acid groups (broad SMARTS) is 1. The molecule has 0 spiro atoms. The summed E-state index contributed by atoms with van der Waals surface area (Å²) in [6.07, 6.45) is 6.85. The third-order valence-corrected chi connectivity index (χ3v) is 4.60. The Bertz CT molecular complexity index is 468. The third kappa shape index (κ3) is 4.39. The van der Waals surface area contributed by atoms with Crippen LogP contribution >= 0.6 is 23.2 Å². The summed E-state index contributed by atoms with van der Waals surface area (Å²) in [7, 11) is 0. The van der Waals surface area contributed by atoms with Crippen molar-refractivity contribution in [3.8, 4) is 0 Å². The highest BCUT2D eigenvalue weighted by molar-refractivity contribution is 6.31. The smallest absolute Gasteiger partial charge is 0.304 e. The van der Waals surface area contributed by atoms with Crippen molar-refractivity contribution in [1.29, 1.82) is 0 Å². The standard InChI is InChI=1S/C16H20Cl2O2/c17-13(10-16(19)20)8-11-6-7-14(15(18)9-11)12-4-2-1-3-5-12/h6-7,9,12-13H,1-5,8,10H2,(H,19,20). The summed E-state index contributed by atoms with van der Waals surface area (Å²) < 4.78 is 0. The Hall–Kier alpha value is -0.730. The van der Waals surface area contributed by atoms with Crippen LogP contribution in [0.5, 0.6) is 0 Å². The molecule has 1 aromatic rings. The lowest BCUT2D eigenvalue weighted by Crippen LogP contribution is -2.10. The Morgan fingerprint density at radius 2 is 2.00 bits per heavy atom. The first-order valence-electron chi connectivity index (χ1n) is 7.20. The van der Waals surface area contributed by atoms with Gasteiger partial charge in [-0.05, 0) is 42.4 Å². The van der Waals surface area contributed by atoms with Gasteiger partial charge in [0, 0.05) is 10.4 Å². The van der Waals surface area contributed by atoms with Gasteiger partial charge in [0.15, 0.2) is 0 Å². The molecule has 20 heavy (non-hydrogen) atoms. The topological polar surface area (TPSA) is 37.3 Å². The monoisotopic (exact) mass is 314 g/mol. The molecule has 1 aliphatic rings. The number of rotatable bonds is 5. The predicted molar refractivity (Wildman–Crippen MR) is 82.9 cm³/mol. The molecule has 1 aromatic carbocycles. The van der Waals surface area contributed by atoms with E-state index in [1.807, 2.05) is 12.1 Å². The maximum Gasteiger partial charge on any atom is 0.304 e. The molecule has 1 saturated carbocycles. The van der Waals surface area contributed by atoms with E-state index < -0.39 is 5.97 Å². The lowest BCUT2D eigenvalue weighted by atomic mass is 9.83. The van der Waals surface area contributed by atoms with Crippen LogP contribution in [0.2, 0.25) is 5.02 Å². The molecule has 0 aliphatic heterocycles. The van der Waals surface area contributed by atoms with E-state index in [1.165, 1.54) is 37.7 Å². The zero-order valence-electron chi connectivity index (χ0n) is 11.4. The van der Waals surface area contributed by atoms with Crippen molar-refractivity contribution in [3.63, 3.8) is 0 Å². The average Bonchev–Trinajstić information content (AvgIpc) is 2.38. The second kappa shape index (κ2) is 7.33. The number of alkyl halides is 1. The number of hydrogen-bond acceptors (Lipinski definition) is 1. The molecule has 1 atom stereocenters. The molecule has 0 heterocycles. The van der Waals surface area contributed by atoms with Crippen molar-refractivity contribution in [2.45, 2.75) is 56.2 Å². The molecule has 2 rings (SSSR count). The van der Waals surface area contributed by atoms with E-state index in [0.717, 1.165) is 10.6 Å². The van der Waals surface area contributed by atoms with Crippen molar-refractivity contribution in [2.24, 2.45) is 0 Å². The van der Waals surface area contributed by atoms with E-state index in [9.17, 15) is 4.79 Å². The summed E-state index contributed by atoms with van der Waals surface area (Å²) in [5.41, 5.74) is 2.25. The van der Waals surface area contributed by atoms with Crippen LogP contribution in [0.15, 0.2) is 18.2 Å². The van der Waals surface area contributed by atoms with Gasteiger partial charge in [0.2, 0.25) is 0 Å². The second-order valence-electron chi connectivity index (χ2n) is 5.59. The van der Waals surface area contributed by atoms with Crippen LogP contribution in [0.25, 0.3) is 0 Å². The molecule has 1 N–H and O–H groups in total. The van der Waals surface area contributed by atoms with Crippen LogP contribution in [0.4, 0.5) is 0 Å². The minimum Gasteiger partial charge on any atom is -0.481 e. The molecule has 0 bridgehead atoms. The van der Waals surface area contributed by atoms with Gasteiger partial charge in [0.25, 0.3) is 0 Å². The highest BCUT2D eigenvalue weighted by Crippen LogP contribution is 2.36. The Morgan fingerprint density at radius 1 is 1.30 bits per heavy atom. The molecular weight excluding hydrogens is 295 g/mol. The SMILES string of the molecule is O=C(O)CC(Cl)Cc1ccc(C2CCCCC2)c(Cl)c1. The zero-order valence-corrected chi connectivity index (χ0v) is 13.0. The molecular formula is C16H20Cl2O2. The molecule has 1 fully saturated rings. The van der Waals surface area contributed by atoms with Crippen LogP contribution in [-0.2, 0) is 11.2 Å². The fourth-order valence-corrected chi connectivity index (χ4v) is 3.63. The molecule has 0 amide bonds. The lowest BCUT2D eigenvalue weighted by Gasteiger charge is -2.23. The molecule has 1 unspecified atom stereocenters. The molecule has 0 radical (unpaired) electrons. The molecule has 2 nitrogen and oxygen atoms in total. The maximum absolute atomic E-state index is 10.6. The fourth-order valence-electron chi connectivity index (χ4n) is 2.96. The van der Waals surface area contributed by atoms with E-state index in [2.05, 4.69) is 6.07 Å². The van der Waals surface area contributed by atoms with Gasteiger partial charge in [-0.1, -0.05) is 43.0 Å². The van der Waals surface area contributed by atoms with E-state index in [-0.39, 0.29) is 11.8 Å². The van der Waals surface area contributed by atoms with Gasteiger partial charge in [0.1, 0.15) is 0 Å². The minimum absolute atomic E-state index is 0.0243. The number of benzene rings is 1. The van der Waals surface area contributed by atoms with Crippen LogP contribution < -0.4 is 0 Å². The van der Waals surface area contributed by atoms with Crippen molar-refractivity contribution in [2.75, 3.05) is 0 Å². The number of carbonyl (C=O) groups is 1. The molecule has 4 heteroatoms. The average molecular weight is 315 g/mol. The number of carboxylic acids is 1. The van der Waals surface area contributed by atoms with Crippen molar-refractivity contribution >= 4 is 29.2 Å². The summed E-state index contributed by atoms with van der Waals surface area (Å²) in [5.74, 6) is -0.286. The van der Waals surface area contributed by atoms with E-state index >= 15 is 0 Å². The Labute approximate surface area is 130 Å². The molecule has 1 aliphatic carbocycles. The minimum atomic E-state index is -0.866. The Kier molecular flexibility index (Phi) is 5.74. The highest BCUT2D eigenvalue weighted by atomic mass is 35.5. The number of aliphatic carboxylic acids is 1. The lowest BCUT2D eigenvalue weighted by molar-refractivity contribution is -0.137. The predicted octanol–water partition coefficient (Wildman–Crippen LogP) is 5.01. The molecule has 0 aromatic heterocycles. The first-order chi connectivity index (χ1) is 9.56. The van der Waals surface area contributed by atoms with Gasteiger partial charge in [-0.25, -0.2) is 0 Å². The Morgan fingerprint density at radius 3 is 2.60 bits per heavy atom. The summed E-state index contributed by atoms with van der Waals surface area (Å²) in [5, 5.41) is 9.13. The maximum atomic E-state index is 10.6. The number of hydrogen-bond donors (Lipinski definition) is 1. The second-order valence-corrected chi connectivity index (χ2v) is 6.61. The summed E-state index contributed by atoms with van der Waals surface area (Å²) >= 11 is 12.4. The van der Waals surface area contributed by atoms with Gasteiger partial charge in [-0.3, -0.25) is 4.79 Å². The van der Waals surface area contributed by atoms with Crippen LogP contribution in [0.1, 0.15) is 55.6 Å². The van der Waals surface area contributed by atoms with Crippen LogP contribution in [0, 0.1) is 0 Å². The first-order valence-corrected chi connectivity index (χ1v) is 8.02. The third-order valence-electron chi connectivity index (χ3n) is 3.96. The van der Waals surface area contributed by atoms with Gasteiger partial charge >= 0.3 is 5.97 Å². The van der Waals surface area contributed by atoms with Crippen LogP contribution in [0.3, 0.4) is 0 Å².